The average Bonchev–Trinajstić information content (AvgIpc) is 3.07. The van der Waals surface area contributed by atoms with Gasteiger partial charge in [-0.25, -0.2) is 0 Å². The van der Waals surface area contributed by atoms with E-state index in [0.717, 1.165) is 37.4 Å². The molecule has 2 unspecified atom stereocenters. The van der Waals surface area contributed by atoms with Crippen molar-refractivity contribution in [3.05, 3.63) is 23.7 Å². The molecule has 1 saturated carbocycles. The SMILES string of the molecule is CC(C)CNCc1coc(CN2CCC3CCCCC32)c1. The number of rotatable bonds is 6. The molecule has 3 heteroatoms. The van der Waals surface area contributed by atoms with Crippen LogP contribution >= 0.6 is 0 Å². The maximum absolute atomic E-state index is 5.78. The van der Waals surface area contributed by atoms with Gasteiger partial charge in [0.1, 0.15) is 5.76 Å². The molecule has 3 rings (SSSR count). The molecule has 0 bridgehead atoms. The highest BCUT2D eigenvalue weighted by Gasteiger charge is 2.35. The van der Waals surface area contributed by atoms with Gasteiger partial charge >= 0.3 is 0 Å². The quantitative estimate of drug-likeness (QED) is 0.864. The van der Waals surface area contributed by atoms with E-state index in [9.17, 15) is 0 Å². The van der Waals surface area contributed by atoms with Crippen LogP contribution in [0.2, 0.25) is 0 Å². The van der Waals surface area contributed by atoms with Crippen LogP contribution < -0.4 is 5.32 Å². The maximum atomic E-state index is 5.78. The van der Waals surface area contributed by atoms with Crippen LogP contribution in [-0.2, 0) is 13.1 Å². The molecule has 1 aromatic heterocycles. The molecular weight excluding hydrogens is 260 g/mol. The third-order valence-electron chi connectivity index (χ3n) is 5.07. The van der Waals surface area contributed by atoms with Crippen molar-refractivity contribution in [2.75, 3.05) is 13.1 Å². The van der Waals surface area contributed by atoms with Crippen LogP contribution in [0.3, 0.4) is 0 Å². The van der Waals surface area contributed by atoms with Crippen LogP contribution in [0.5, 0.6) is 0 Å². The first-order valence-corrected chi connectivity index (χ1v) is 8.73. The van der Waals surface area contributed by atoms with Crippen molar-refractivity contribution in [3.63, 3.8) is 0 Å². The van der Waals surface area contributed by atoms with Gasteiger partial charge in [-0.3, -0.25) is 4.90 Å². The summed E-state index contributed by atoms with van der Waals surface area (Å²) >= 11 is 0. The third kappa shape index (κ3) is 3.89. The van der Waals surface area contributed by atoms with Crippen LogP contribution in [0.4, 0.5) is 0 Å². The summed E-state index contributed by atoms with van der Waals surface area (Å²) in [5.74, 6) is 2.80. The lowest BCUT2D eigenvalue weighted by Crippen LogP contribution is -2.34. The Kier molecular flexibility index (Phi) is 5.02. The molecule has 1 aliphatic heterocycles. The first-order chi connectivity index (χ1) is 10.2. The lowest BCUT2D eigenvalue weighted by Gasteiger charge is -2.31. The standard InChI is InChI=1S/C18H30N2O/c1-14(2)10-19-11-15-9-17(21-13-15)12-20-8-7-16-5-3-4-6-18(16)20/h9,13-14,16,18-19H,3-8,10-12H2,1-2H3. The molecule has 2 fully saturated rings. The summed E-state index contributed by atoms with van der Waals surface area (Å²) < 4.78 is 5.78. The predicted octanol–water partition coefficient (Wildman–Crippen LogP) is 3.79. The van der Waals surface area contributed by atoms with E-state index < -0.39 is 0 Å². The van der Waals surface area contributed by atoms with Gasteiger partial charge in [-0.05, 0) is 50.3 Å². The zero-order chi connectivity index (χ0) is 14.7. The minimum Gasteiger partial charge on any atom is -0.468 e. The van der Waals surface area contributed by atoms with E-state index in [0.29, 0.717) is 5.92 Å². The van der Waals surface area contributed by atoms with Crippen molar-refractivity contribution in [1.29, 1.82) is 0 Å². The van der Waals surface area contributed by atoms with Crippen LogP contribution in [0.25, 0.3) is 0 Å². The van der Waals surface area contributed by atoms with Gasteiger partial charge in [-0.2, -0.15) is 0 Å². The van der Waals surface area contributed by atoms with Gasteiger partial charge in [0.2, 0.25) is 0 Å². The molecule has 0 aromatic carbocycles. The maximum Gasteiger partial charge on any atom is 0.118 e. The van der Waals surface area contributed by atoms with Crippen molar-refractivity contribution < 1.29 is 4.42 Å². The number of nitrogens with one attached hydrogen (secondary N) is 1. The van der Waals surface area contributed by atoms with Crippen molar-refractivity contribution in [2.24, 2.45) is 11.8 Å². The molecule has 21 heavy (non-hydrogen) atoms. The highest BCUT2D eigenvalue weighted by atomic mass is 16.3. The zero-order valence-electron chi connectivity index (χ0n) is 13.6. The molecule has 2 aliphatic rings. The van der Waals surface area contributed by atoms with Crippen molar-refractivity contribution in [3.8, 4) is 0 Å². The highest BCUT2D eigenvalue weighted by Crippen LogP contribution is 2.36. The van der Waals surface area contributed by atoms with Gasteiger partial charge in [-0.15, -0.1) is 0 Å². The lowest BCUT2D eigenvalue weighted by atomic mass is 9.85. The van der Waals surface area contributed by atoms with E-state index >= 15 is 0 Å². The van der Waals surface area contributed by atoms with Crippen molar-refractivity contribution in [1.82, 2.24) is 10.2 Å². The topological polar surface area (TPSA) is 28.4 Å². The molecule has 2 heterocycles. The molecule has 0 amide bonds. The molecule has 3 nitrogen and oxygen atoms in total. The Balaban J connectivity index is 1.50. The summed E-state index contributed by atoms with van der Waals surface area (Å²) in [6.07, 6.45) is 9.03. The molecular formula is C18H30N2O. The number of likely N-dealkylation sites (tertiary alicyclic amines) is 1. The zero-order valence-corrected chi connectivity index (χ0v) is 13.6. The number of hydrogen-bond donors (Lipinski definition) is 1. The molecule has 1 aliphatic carbocycles. The van der Waals surface area contributed by atoms with Gasteiger partial charge in [0, 0.05) is 18.2 Å². The Hall–Kier alpha value is -0.800. The molecule has 0 spiro atoms. The molecule has 118 valence electrons. The second-order valence-corrected chi connectivity index (χ2v) is 7.32. The Bertz CT molecular complexity index is 440. The molecule has 1 saturated heterocycles. The Labute approximate surface area is 129 Å². The van der Waals surface area contributed by atoms with Crippen molar-refractivity contribution >= 4 is 0 Å². The Morgan fingerprint density at radius 1 is 1.29 bits per heavy atom. The fraction of sp³-hybridized carbons (Fsp3) is 0.778. The summed E-state index contributed by atoms with van der Waals surface area (Å²) in [4.78, 5) is 2.66. The van der Waals surface area contributed by atoms with Crippen LogP contribution in [-0.4, -0.2) is 24.0 Å². The van der Waals surface area contributed by atoms with Gasteiger partial charge < -0.3 is 9.73 Å². The normalized spacial score (nSPS) is 26.4. The van der Waals surface area contributed by atoms with Crippen LogP contribution in [0, 0.1) is 11.8 Å². The Morgan fingerprint density at radius 2 is 2.14 bits per heavy atom. The van der Waals surface area contributed by atoms with E-state index in [1.807, 2.05) is 6.26 Å². The fourth-order valence-electron chi connectivity index (χ4n) is 4.01. The van der Waals surface area contributed by atoms with E-state index in [2.05, 4.69) is 30.1 Å². The summed E-state index contributed by atoms with van der Waals surface area (Å²) in [6.45, 7) is 8.73. The van der Waals surface area contributed by atoms with Crippen LogP contribution in [0.1, 0.15) is 57.3 Å². The number of hydrogen-bond acceptors (Lipinski definition) is 3. The van der Waals surface area contributed by atoms with Gasteiger partial charge in [0.05, 0.1) is 12.8 Å². The van der Waals surface area contributed by atoms with E-state index in [4.69, 9.17) is 4.42 Å². The molecule has 1 aromatic rings. The summed E-state index contributed by atoms with van der Waals surface area (Å²) in [7, 11) is 0. The van der Waals surface area contributed by atoms with Gasteiger partial charge in [-0.1, -0.05) is 26.7 Å². The van der Waals surface area contributed by atoms with Crippen molar-refractivity contribution in [2.45, 2.75) is 65.1 Å². The highest BCUT2D eigenvalue weighted by molar-refractivity contribution is 5.13. The average molecular weight is 290 g/mol. The summed E-state index contributed by atoms with van der Waals surface area (Å²) in [6, 6.07) is 3.06. The molecule has 0 radical (unpaired) electrons. The number of fused-ring (bicyclic) bond motifs is 1. The second-order valence-electron chi connectivity index (χ2n) is 7.32. The Morgan fingerprint density at radius 3 is 3.00 bits per heavy atom. The van der Waals surface area contributed by atoms with Crippen LogP contribution in [0.15, 0.2) is 16.7 Å². The summed E-state index contributed by atoms with van der Waals surface area (Å²) in [5, 5.41) is 3.48. The first-order valence-electron chi connectivity index (χ1n) is 8.73. The third-order valence-corrected chi connectivity index (χ3v) is 5.07. The summed E-state index contributed by atoms with van der Waals surface area (Å²) in [5.41, 5.74) is 1.28. The van der Waals surface area contributed by atoms with Gasteiger partial charge in [0.15, 0.2) is 0 Å². The molecule has 1 N–H and O–H groups in total. The number of nitrogens with zero attached hydrogens (tertiary/aromatic N) is 1. The first kappa shape index (κ1) is 15.1. The van der Waals surface area contributed by atoms with Gasteiger partial charge in [0.25, 0.3) is 0 Å². The molecule has 2 atom stereocenters. The van der Waals surface area contributed by atoms with E-state index in [1.54, 1.807) is 0 Å². The predicted molar refractivity (Wildman–Crippen MR) is 86.0 cm³/mol. The largest absolute Gasteiger partial charge is 0.468 e. The lowest BCUT2D eigenvalue weighted by molar-refractivity contribution is 0.165. The second kappa shape index (κ2) is 6.97. The van der Waals surface area contributed by atoms with E-state index in [-0.39, 0.29) is 0 Å². The minimum atomic E-state index is 0.698. The van der Waals surface area contributed by atoms with E-state index in [1.165, 1.54) is 44.2 Å². The smallest absolute Gasteiger partial charge is 0.118 e. The minimum absolute atomic E-state index is 0.698. The number of furan rings is 1. The fourth-order valence-corrected chi connectivity index (χ4v) is 4.01. The monoisotopic (exact) mass is 290 g/mol.